The Morgan fingerprint density at radius 1 is 1.24 bits per heavy atom. The Morgan fingerprint density at radius 3 is 2.62 bits per heavy atom. The van der Waals surface area contributed by atoms with E-state index in [-0.39, 0.29) is 24.0 Å². The van der Waals surface area contributed by atoms with E-state index in [9.17, 15) is 21.8 Å². The van der Waals surface area contributed by atoms with Gasteiger partial charge in [-0.05, 0) is 55.1 Å². The number of hydrogen-bond acceptors (Lipinski definition) is 3. The molecule has 2 aromatic carbocycles. The lowest BCUT2D eigenvalue weighted by molar-refractivity contribution is -0.0420. The average Bonchev–Trinajstić information content (AvgIpc) is 3.01. The highest BCUT2D eigenvalue weighted by Crippen LogP contribution is 2.29. The lowest BCUT2D eigenvalue weighted by Crippen LogP contribution is -2.48. The highest BCUT2D eigenvalue weighted by Gasteiger charge is 2.44. The van der Waals surface area contributed by atoms with Crippen LogP contribution >= 0.6 is 0 Å². The zero-order valence-corrected chi connectivity index (χ0v) is 16.3. The summed E-state index contributed by atoms with van der Waals surface area (Å²) in [4.78, 5) is 0. The normalized spacial score (nSPS) is 21.9. The third kappa shape index (κ3) is 4.76. The third-order valence-corrected chi connectivity index (χ3v) is 6.15. The molecule has 3 rings (SSSR count). The van der Waals surface area contributed by atoms with Crippen molar-refractivity contribution in [2.24, 2.45) is 0 Å². The summed E-state index contributed by atoms with van der Waals surface area (Å²) in [5.41, 5.74) is -3.78. The van der Waals surface area contributed by atoms with Crippen molar-refractivity contribution in [3.63, 3.8) is 0 Å². The minimum atomic E-state index is -5.19. The SMILES string of the molecule is Cc1cc(F)cc(-c2cccc(C[C@@H]3NCCC3NS(=N)(=O)C(F)(F)F)c2F)c1. The molecule has 3 N–H and O–H groups in total. The van der Waals surface area contributed by atoms with E-state index in [0.29, 0.717) is 17.7 Å². The molecule has 0 aliphatic carbocycles. The number of benzene rings is 2. The number of rotatable bonds is 5. The van der Waals surface area contributed by atoms with Crippen LogP contribution in [0.25, 0.3) is 11.1 Å². The monoisotopic (exact) mass is 433 g/mol. The van der Waals surface area contributed by atoms with Crippen LogP contribution in [0.2, 0.25) is 0 Å². The highest BCUT2D eigenvalue weighted by molar-refractivity contribution is 7.91. The first-order chi connectivity index (χ1) is 13.5. The Morgan fingerprint density at radius 2 is 1.97 bits per heavy atom. The van der Waals surface area contributed by atoms with Crippen LogP contribution in [0.15, 0.2) is 36.4 Å². The predicted octanol–water partition coefficient (Wildman–Crippen LogP) is 4.28. The number of alkyl halides is 3. The van der Waals surface area contributed by atoms with Crippen LogP contribution in [0.5, 0.6) is 0 Å². The van der Waals surface area contributed by atoms with Gasteiger partial charge in [0.1, 0.15) is 11.6 Å². The van der Waals surface area contributed by atoms with Crippen LogP contribution in [-0.4, -0.2) is 28.3 Å². The van der Waals surface area contributed by atoms with E-state index in [1.54, 1.807) is 19.1 Å². The van der Waals surface area contributed by atoms with Crippen molar-refractivity contribution in [2.75, 3.05) is 6.54 Å². The minimum absolute atomic E-state index is 0.0268. The molecule has 1 aliphatic heterocycles. The summed E-state index contributed by atoms with van der Waals surface area (Å²) in [5, 5.41) is 2.97. The van der Waals surface area contributed by atoms with Crippen LogP contribution in [-0.2, 0) is 16.3 Å². The van der Waals surface area contributed by atoms with Crippen molar-refractivity contribution in [1.29, 1.82) is 4.78 Å². The largest absolute Gasteiger partial charge is 0.492 e. The van der Waals surface area contributed by atoms with E-state index in [1.807, 2.05) is 4.72 Å². The molecule has 4 nitrogen and oxygen atoms in total. The maximum absolute atomic E-state index is 15.1. The molecule has 0 amide bonds. The van der Waals surface area contributed by atoms with Crippen LogP contribution < -0.4 is 10.0 Å². The van der Waals surface area contributed by atoms with Gasteiger partial charge < -0.3 is 5.32 Å². The first kappa shape index (κ1) is 21.7. The van der Waals surface area contributed by atoms with E-state index < -0.39 is 39.1 Å². The van der Waals surface area contributed by atoms with Crippen molar-refractivity contribution in [3.05, 3.63) is 59.2 Å². The molecule has 1 saturated heterocycles. The maximum atomic E-state index is 15.1. The Kier molecular flexibility index (Phi) is 5.98. The predicted molar refractivity (Wildman–Crippen MR) is 100 cm³/mol. The molecule has 0 aromatic heterocycles. The van der Waals surface area contributed by atoms with Gasteiger partial charge in [-0.25, -0.2) is 22.5 Å². The summed E-state index contributed by atoms with van der Waals surface area (Å²) < 4.78 is 87.7. The summed E-state index contributed by atoms with van der Waals surface area (Å²) in [7, 11) is -5.00. The minimum Gasteiger partial charge on any atom is -0.312 e. The van der Waals surface area contributed by atoms with E-state index in [4.69, 9.17) is 4.78 Å². The van der Waals surface area contributed by atoms with Crippen molar-refractivity contribution in [2.45, 2.75) is 37.4 Å². The van der Waals surface area contributed by atoms with E-state index in [2.05, 4.69) is 5.32 Å². The average molecular weight is 433 g/mol. The molecule has 2 aromatic rings. The fourth-order valence-electron chi connectivity index (χ4n) is 3.49. The van der Waals surface area contributed by atoms with Crippen LogP contribution in [0, 0.1) is 23.3 Å². The maximum Gasteiger partial charge on any atom is 0.492 e. The second-order valence-corrected chi connectivity index (χ2v) is 8.89. The molecule has 1 heterocycles. The Balaban J connectivity index is 1.85. The molecule has 29 heavy (non-hydrogen) atoms. The van der Waals surface area contributed by atoms with Gasteiger partial charge in [-0.2, -0.15) is 13.2 Å². The molecular formula is C19H20F5N3OS. The summed E-state index contributed by atoms with van der Waals surface area (Å²) in [5.74, 6) is -1.09. The summed E-state index contributed by atoms with van der Waals surface area (Å²) in [6.45, 7) is 2.03. The highest BCUT2D eigenvalue weighted by atomic mass is 32.2. The fraction of sp³-hybridized carbons (Fsp3) is 0.368. The van der Waals surface area contributed by atoms with Crippen molar-refractivity contribution >= 4 is 9.92 Å². The number of halogens is 5. The van der Waals surface area contributed by atoms with Crippen molar-refractivity contribution < 1.29 is 26.2 Å². The molecule has 0 radical (unpaired) electrons. The molecule has 0 spiro atoms. The smallest absolute Gasteiger partial charge is 0.312 e. The molecule has 2 unspecified atom stereocenters. The third-order valence-electron chi connectivity index (χ3n) is 4.86. The quantitative estimate of drug-likeness (QED) is 0.616. The molecular weight excluding hydrogens is 413 g/mol. The van der Waals surface area contributed by atoms with E-state index >= 15 is 4.39 Å². The van der Waals surface area contributed by atoms with Crippen LogP contribution in [0.4, 0.5) is 22.0 Å². The number of aryl methyl sites for hydroxylation is 1. The Labute approximate surface area is 165 Å². The van der Waals surface area contributed by atoms with Gasteiger partial charge in [0.2, 0.25) is 9.92 Å². The molecule has 158 valence electrons. The van der Waals surface area contributed by atoms with Gasteiger partial charge in [-0.3, -0.25) is 0 Å². The molecule has 1 fully saturated rings. The van der Waals surface area contributed by atoms with Gasteiger partial charge in [0.15, 0.2) is 0 Å². The fourth-order valence-corrected chi connectivity index (χ4v) is 4.33. The second kappa shape index (κ2) is 8.00. The Bertz CT molecular complexity index is 987. The van der Waals surface area contributed by atoms with Crippen LogP contribution in [0.1, 0.15) is 17.5 Å². The zero-order valence-electron chi connectivity index (χ0n) is 15.4. The second-order valence-electron chi connectivity index (χ2n) is 7.08. The molecule has 0 saturated carbocycles. The zero-order chi connectivity index (χ0) is 21.4. The van der Waals surface area contributed by atoms with Gasteiger partial charge in [0, 0.05) is 17.6 Å². The van der Waals surface area contributed by atoms with Crippen molar-refractivity contribution in [1.82, 2.24) is 10.0 Å². The lowest BCUT2D eigenvalue weighted by atomic mass is 9.96. The summed E-state index contributed by atoms with van der Waals surface area (Å²) >= 11 is 0. The first-order valence-corrected chi connectivity index (χ1v) is 10.4. The topological polar surface area (TPSA) is 65.0 Å². The van der Waals surface area contributed by atoms with Crippen molar-refractivity contribution in [3.8, 4) is 11.1 Å². The lowest BCUT2D eigenvalue weighted by Gasteiger charge is -2.23. The van der Waals surface area contributed by atoms with Gasteiger partial charge in [-0.1, -0.05) is 24.3 Å². The van der Waals surface area contributed by atoms with Gasteiger partial charge in [-0.15, -0.1) is 0 Å². The molecule has 10 heteroatoms. The first-order valence-electron chi connectivity index (χ1n) is 8.88. The molecule has 3 atom stereocenters. The summed E-state index contributed by atoms with van der Waals surface area (Å²) in [6.07, 6.45) is 0.250. The van der Waals surface area contributed by atoms with E-state index in [1.165, 1.54) is 24.3 Å². The Hall–Kier alpha value is -2.04. The summed E-state index contributed by atoms with van der Waals surface area (Å²) in [6, 6.07) is 7.24. The number of hydrogen-bond donors (Lipinski definition) is 3. The van der Waals surface area contributed by atoms with Gasteiger partial charge in [0.05, 0.1) is 0 Å². The standard InChI is InChI=1S/C19H20F5N3OS/c1-11-7-13(9-14(20)8-11)15-4-2-3-12(18(15)21)10-17-16(5-6-26-17)27-29(25,28)19(22,23)24/h2-4,7-9,16-17,26H,5-6,10H2,1H3,(H2,25,27,28)/t16?,17-,29?/m0/s1. The number of nitrogens with one attached hydrogen (secondary N) is 3. The van der Waals surface area contributed by atoms with Gasteiger partial charge in [0.25, 0.3) is 0 Å². The van der Waals surface area contributed by atoms with Crippen LogP contribution in [0.3, 0.4) is 0 Å². The molecule has 1 aliphatic rings. The van der Waals surface area contributed by atoms with E-state index in [0.717, 1.165) is 0 Å². The molecule has 0 bridgehead atoms. The van der Waals surface area contributed by atoms with Gasteiger partial charge >= 0.3 is 5.51 Å².